The predicted octanol–water partition coefficient (Wildman–Crippen LogP) is 5.13. The first-order valence-corrected chi connectivity index (χ1v) is 12.2. The van der Waals surface area contributed by atoms with Crippen molar-refractivity contribution in [2.24, 2.45) is 16.2 Å². The summed E-state index contributed by atoms with van der Waals surface area (Å²) in [6.45, 7) is 23.6. The standard InChI is InChI=1S/C27H48O7/c1-9-23(28)33-18-12-16-31-21-27(26(6,7)8,20-30-15-11-14-25(3,4)5)22-32-17-13-19-34-24(29)10-2/h9-10H,1-2,11-22H2,3-8H3. The highest BCUT2D eigenvalue weighted by molar-refractivity contribution is 5.81. The molecule has 0 aromatic carbocycles. The first kappa shape index (κ1) is 32.3. The Labute approximate surface area is 207 Å². The Hall–Kier alpha value is -1.70. The molecule has 0 N–H and O–H groups in total. The van der Waals surface area contributed by atoms with Gasteiger partial charge in [-0.1, -0.05) is 54.7 Å². The van der Waals surface area contributed by atoms with E-state index in [0.29, 0.717) is 52.5 Å². The van der Waals surface area contributed by atoms with Crippen molar-refractivity contribution in [2.45, 2.75) is 67.2 Å². The van der Waals surface area contributed by atoms with Crippen molar-refractivity contribution in [3.8, 4) is 0 Å². The minimum atomic E-state index is -0.431. The Morgan fingerprint density at radius 2 is 1.03 bits per heavy atom. The van der Waals surface area contributed by atoms with Crippen LogP contribution < -0.4 is 0 Å². The van der Waals surface area contributed by atoms with Crippen molar-refractivity contribution in [2.75, 3.05) is 52.9 Å². The third-order valence-corrected chi connectivity index (χ3v) is 5.63. The summed E-state index contributed by atoms with van der Waals surface area (Å²) in [5.41, 5.74) is -0.243. The fourth-order valence-corrected chi connectivity index (χ4v) is 3.07. The zero-order valence-corrected chi connectivity index (χ0v) is 22.4. The van der Waals surface area contributed by atoms with Gasteiger partial charge in [0.25, 0.3) is 0 Å². The van der Waals surface area contributed by atoms with E-state index < -0.39 is 11.9 Å². The number of carbonyl (C=O) groups excluding carboxylic acids is 2. The van der Waals surface area contributed by atoms with E-state index >= 15 is 0 Å². The molecule has 198 valence electrons. The molecule has 0 aromatic rings. The van der Waals surface area contributed by atoms with E-state index in [4.69, 9.17) is 23.7 Å². The molecule has 7 nitrogen and oxygen atoms in total. The minimum Gasteiger partial charge on any atom is -0.462 e. The second-order valence-corrected chi connectivity index (χ2v) is 10.8. The van der Waals surface area contributed by atoms with E-state index in [-0.39, 0.29) is 29.5 Å². The predicted molar refractivity (Wildman–Crippen MR) is 135 cm³/mol. The number of ether oxygens (including phenoxy) is 5. The molecule has 0 bridgehead atoms. The lowest BCUT2D eigenvalue weighted by molar-refractivity contribution is -0.139. The van der Waals surface area contributed by atoms with Crippen molar-refractivity contribution < 1.29 is 33.3 Å². The van der Waals surface area contributed by atoms with Gasteiger partial charge in [-0.15, -0.1) is 0 Å². The van der Waals surface area contributed by atoms with Crippen LogP contribution in [0.3, 0.4) is 0 Å². The molecule has 0 rings (SSSR count). The Bertz CT molecular complexity index is 567. The van der Waals surface area contributed by atoms with Crippen LogP contribution in [0.25, 0.3) is 0 Å². The number of esters is 2. The van der Waals surface area contributed by atoms with E-state index in [1.807, 2.05) is 0 Å². The van der Waals surface area contributed by atoms with Gasteiger partial charge in [0.1, 0.15) is 0 Å². The zero-order chi connectivity index (χ0) is 26.1. The van der Waals surface area contributed by atoms with Crippen molar-refractivity contribution in [1.29, 1.82) is 0 Å². The Balaban J connectivity index is 4.88. The molecule has 0 unspecified atom stereocenters. The maximum atomic E-state index is 11.2. The highest BCUT2D eigenvalue weighted by Gasteiger charge is 2.43. The maximum absolute atomic E-state index is 11.2. The third-order valence-electron chi connectivity index (χ3n) is 5.63. The first-order chi connectivity index (χ1) is 15.9. The average Bonchev–Trinajstić information content (AvgIpc) is 2.75. The van der Waals surface area contributed by atoms with Gasteiger partial charge in [0.15, 0.2) is 0 Å². The maximum Gasteiger partial charge on any atom is 0.330 e. The molecule has 0 saturated carbocycles. The van der Waals surface area contributed by atoms with Crippen LogP contribution in [0, 0.1) is 16.2 Å². The van der Waals surface area contributed by atoms with E-state index in [9.17, 15) is 9.59 Å². The normalized spacial score (nSPS) is 12.3. The molecule has 0 amide bonds. The molecule has 0 aromatic heterocycles. The molecule has 7 heteroatoms. The van der Waals surface area contributed by atoms with Gasteiger partial charge >= 0.3 is 11.9 Å². The van der Waals surface area contributed by atoms with Gasteiger partial charge in [-0.2, -0.15) is 0 Å². The SMILES string of the molecule is C=CC(=O)OCCCOCC(COCCCOC(=O)C=C)(COCCCC(C)(C)C)C(C)(C)C. The quantitative estimate of drug-likeness (QED) is 0.143. The third kappa shape index (κ3) is 15.3. The summed E-state index contributed by atoms with van der Waals surface area (Å²) in [6.07, 6.45) is 5.59. The van der Waals surface area contributed by atoms with Crippen LogP contribution in [-0.4, -0.2) is 64.8 Å². The molecule has 0 atom stereocenters. The monoisotopic (exact) mass is 484 g/mol. The van der Waals surface area contributed by atoms with E-state index in [2.05, 4.69) is 54.7 Å². The fraction of sp³-hybridized carbons (Fsp3) is 0.778. The van der Waals surface area contributed by atoms with Gasteiger partial charge in [0.05, 0.1) is 33.0 Å². The zero-order valence-electron chi connectivity index (χ0n) is 22.4. The van der Waals surface area contributed by atoms with Crippen LogP contribution in [0.4, 0.5) is 0 Å². The minimum absolute atomic E-state index is 0.151. The summed E-state index contributed by atoms with van der Waals surface area (Å²) in [5, 5.41) is 0. The highest BCUT2D eigenvalue weighted by Crippen LogP contribution is 2.40. The molecule has 0 heterocycles. The summed E-state index contributed by atoms with van der Waals surface area (Å²) in [6, 6.07) is 0. The van der Waals surface area contributed by atoms with Gasteiger partial charge in [-0.25, -0.2) is 9.59 Å². The van der Waals surface area contributed by atoms with Crippen molar-refractivity contribution in [3.63, 3.8) is 0 Å². The fourth-order valence-electron chi connectivity index (χ4n) is 3.07. The second kappa shape index (κ2) is 16.8. The average molecular weight is 485 g/mol. The van der Waals surface area contributed by atoms with Crippen LogP contribution in [0.2, 0.25) is 0 Å². The number of hydrogen-bond donors (Lipinski definition) is 0. The summed E-state index contributed by atoms with van der Waals surface area (Å²) in [5.74, 6) is -0.861. The molecule has 0 radical (unpaired) electrons. The number of carbonyl (C=O) groups is 2. The summed E-state index contributed by atoms with van der Waals surface area (Å²) >= 11 is 0. The van der Waals surface area contributed by atoms with Crippen LogP contribution in [0.15, 0.2) is 25.3 Å². The molecule has 0 aliphatic rings. The van der Waals surface area contributed by atoms with Gasteiger partial charge in [0, 0.05) is 50.2 Å². The number of hydrogen-bond acceptors (Lipinski definition) is 7. The topological polar surface area (TPSA) is 80.3 Å². The molecule has 34 heavy (non-hydrogen) atoms. The molecule has 0 spiro atoms. The summed E-state index contributed by atoms with van der Waals surface area (Å²) in [7, 11) is 0. The Morgan fingerprint density at radius 1 is 0.647 bits per heavy atom. The number of rotatable bonds is 19. The van der Waals surface area contributed by atoms with Gasteiger partial charge < -0.3 is 23.7 Å². The smallest absolute Gasteiger partial charge is 0.330 e. The van der Waals surface area contributed by atoms with Crippen molar-refractivity contribution in [3.05, 3.63) is 25.3 Å². The molecule has 0 fully saturated rings. The molecule has 0 aliphatic heterocycles. The van der Waals surface area contributed by atoms with Crippen LogP contribution in [0.5, 0.6) is 0 Å². The lowest BCUT2D eigenvalue weighted by atomic mass is 9.68. The van der Waals surface area contributed by atoms with Crippen LogP contribution in [-0.2, 0) is 33.3 Å². The van der Waals surface area contributed by atoms with Crippen molar-refractivity contribution >= 4 is 11.9 Å². The second-order valence-electron chi connectivity index (χ2n) is 10.8. The summed E-state index contributed by atoms with van der Waals surface area (Å²) in [4.78, 5) is 22.3. The van der Waals surface area contributed by atoms with Gasteiger partial charge in [-0.3, -0.25) is 0 Å². The molecular formula is C27H48O7. The van der Waals surface area contributed by atoms with Crippen LogP contribution in [0.1, 0.15) is 67.2 Å². The van der Waals surface area contributed by atoms with Crippen LogP contribution >= 0.6 is 0 Å². The van der Waals surface area contributed by atoms with E-state index in [1.54, 1.807) is 0 Å². The van der Waals surface area contributed by atoms with Gasteiger partial charge in [-0.05, 0) is 23.7 Å². The lowest BCUT2D eigenvalue weighted by Crippen LogP contribution is -2.48. The molecule has 0 saturated heterocycles. The lowest BCUT2D eigenvalue weighted by Gasteiger charge is -2.44. The molecular weight excluding hydrogens is 436 g/mol. The van der Waals surface area contributed by atoms with E-state index in [0.717, 1.165) is 25.0 Å². The van der Waals surface area contributed by atoms with E-state index in [1.165, 1.54) is 0 Å². The molecule has 0 aliphatic carbocycles. The highest BCUT2D eigenvalue weighted by atomic mass is 16.5. The van der Waals surface area contributed by atoms with Gasteiger partial charge in [0.2, 0.25) is 0 Å². The Morgan fingerprint density at radius 3 is 1.35 bits per heavy atom. The Kier molecular flexibility index (Phi) is 16.0. The largest absolute Gasteiger partial charge is 0.462 e. The first-order valence-electron chi connectivity index (χ1n) is 12.2. The van der Waals surface area contributed by atoms with Crippen molar-refractivity contribution in [1.82, 2.24) is 0 Å². The summed E-state index contributed by atoms with van der Waals surface area (Å²) < 4.78 is 28.2.